The van der Waals surface area contributed by atoms with Crippen LogP contribution in [0, 0.1) is 0 Å². The minimum Gasteiger partial charge on any atom is -0.497 e. The summed E-state index contributed by atoms with van der Waals surface area (Å²) >= 11 is 0. The summed E-state index contributed by atoms with van der Waals surface area (Å²) in [5, 5.41) is 1.75. The predicted molar refractivity (Wildman–Crippen MR) is 146 cm³/mol. The van der Waals surface area contributed by atoms with E-state index in [2.05, 4.69) is 4.98 Å². The number of nitrogens with zero attached hydrogens (tertiary/aromatic N) is 1. The first-order valence-electron chi connectivity index (χ1n) is 12.5. The highest BCUT2D eigenvalue weighted by atomic mass is 16.5. The Morgan fingerprint density at radius 2 is 1.87 bits per heavy atom. The summed E-state index contributed by atoms with van der Waals surface area (Å²) in [6.45, 7) is 0. The summed E-state index contributed by atoms with van der Waals surface area (Å²) in [5.74, 6) is -0.00208. The summed E-state index contributed by atoms with van der Waals surface area (Å²) in [7, 11) is 3.52. The fraction of sp³-hybridized carbons (Fsp3) is 0.129. The molecule has 0 bridgehead atoms. The van der Waals surface area contributed by atoms with Crippen molar-refractivity contribution in [3.63, 3.8) is 0 Å². The second-order valence-corrected chi connectivity index (χ2v) is 9.74. The van der Waals surface area contributed by atoms with Crippen molar-refractivity contribution in [2.45, 2.75) is 12.3 Å². The van der Waals surface area contributed by atoms with Gasteiger partial charge < -0.3 is 23.8 Å². The topological polar surface area (TPSA) is 99.6 Å². The number of aryl methyl sites for hydroxylation is 1. The van der Waals surface area contributed by atoms with Crippen LogP contribution in [0.4, 0.5) is 0 Å². The molecule has 2 aliphatic heterocycles. The molecule has 5 aromatic rings. The number of benzene rings is 3. The molecule has 0 radical (unpaired) electrons. The largest absolute Gasteiger partial charge is 0.497 e. The van der Waals surface area contributed by atoms with E-state index in [4.69, 9.17) is 14.2 Å². The number of fused-ring (bicyclic) bond motifs is 5. The number of aromatic nitrogens is 2. The maximum atomic E-state index is 13.5. The van der Waals surface area contributed by atoms with Crippen molar-refractivity contribution >= 4 is 39.6 Å². The van der Waals surface area contributed by atoms with Gasteiger partial charge in [0.15, 0.2) is 5.76 Å². The lowest BCUT2D eigenvalue weighted by atomic mass is 9.85. The number of carbonyl (C=O) groups is 2. The third-order valence-corrected chi connectivity index (χ3v) is 7.45. The number of hydrogen-bond acceptors (Lipinski definition) is 6. The zero-order chi connectivity index (χ0) is 26.8. The molecule has 0 saturated carbocycles. The van der Waals surface area contributed by atoms with Crippen molar-refractivity contribution in [3.05, 3.63) is 105 Å². The van der Waals surface area contributed by atoms with E-state index in [1.165, 1.54) is 0 Å². The lowest BCUT2D eigenvalue weighted by Gasteiger charge is -2.26. The molecule has 1 N–H and O–H groups in total. The molecule has 4 heterocycles. The number of Topliss-reactive ketones (excluding diaryl/α,β-unsaturated/α-hetero) is 1. The third-order valence-electron chi connectivity index (χ3n) is 7.45. The van der Waals surface area contributed by atoms with Crippen LogP contribution in [0.15, 0.2) is 77.4 Å². The van der Waals surface area contributed by atoms with Gasteiger partial charge in [0.2, 0.25) is 5.78 Å². The van der Waals surface area contributed by atoms with Crippen LogP contribution >= 0.6 is 0 Å². The standard InChI is InChI=1S/C31H22N2O6/c1-33-15-17(19-5-3-4-6-24(19)33)13-26-29(35)20-8-10-25-28(30(20)39-26)21(14-27(34)38-25)22-12-16-11-18(37-2)7-9-23(16)32-31(22)36/h3-13,15,21H,14H2,1-2H3,(H,32,36). The van der Waals surface area contributed by atoms with Crippen LogP contribution in [-0.2, 0) is 11.8 Å². The van der Waals surface area contributed by atoms with E-state index < -0.39 is 11.9 Å². The molecule has 3 aromatic carbocycles. The minimum absolute atomic E-state index is 0.0675. The maximum absolute atomic E-state index is 13.5. The van der Waals surface area contributed by atoms with Gasteiger partial charge in [-0.2, -0.15) is 0 Å². The van der Waals surface area contributed by atoms with Crippen molar-refractivity contribution in [2.24, 2.45) is 7.05 Å². The highest BCUT2D eigenvalue weighted by Crippen LogP contribution is 2.48. The highest BCUT2D eigenvalue weighted by molar-refractivity contribution is 6.15. The van der Waals surface area contributed by atoms with Gasteiger partial charge in [-0.25, -0.2) is 0 Å². The third kappa shape index (κ3) is 3.56. The van der Waals surface area contributed by atoms with Crippen LogP contribution in [0.25, 0.3) is 27.9 Å². The number of ketones is 1. The molecule has 2 aliphatic rings. The first-order valence-corrected chi connectivity index (χ1v) is 12.5. The normalized spacial score (nSPS) is 17.3. The number of ether oxygens (including phenoxy) is 3. The molecule has 0 amide bonds. The Hall–Kier alpha value is -5.11. The summed E-state index contributed by atoms with van der Waals surface area (Å²) < 4.78 is 19.1. The SMILES string of the molecule is COc1ccc2[nH]c(=O)c(C3CC(=O)Oc4ccc5c(c43)OC(=Cc3cn(C)c4ccccc34)C5=O)cc2c1. The molecule has 39 heavy (non-hydrogen) atoms. The number of allylic oxidation sites excluding steroid dienone is 1. The molecule has 7 rings (SSSR count). The molecule has 8 heteroatoms. The number of pyridine rings is 1. The fourth-order valence-corrected chi connectivity index (χ4v) is 5.59. The van der Waals surface area contributed by atoms with Crippen LogP contribution in [0.2, 0.25) is 0 Å². The van der Waals surface area contributed by atoms with Gasteiger partial charge in [-0.15, -0.1) is 0 Å². The van der Waals surface area contributed by atoms with Crippen LogP contribution in [0.5, 0.6) is 17.2 Å². The molecule has 1 unspecified atom stereocenters. The first-order chi connectivity index (χ1) is 18.9. The molecule has 0 spiro atoms. The molecular formula is C31H22N2O6. The number of esters is 1. The minimum atomic E-state index is -0.666. The second kappa shape index (κ2) is 8.46. The smallest absolute Gasteiger partial charge is 0.312 e. The molecular weight excluding hydrogens is 496 g/mol. The van der Waals surface area contributed by atoms with Crippen molar-refractivity contribution < 1.29 is 23.8 Å². The lowest BCUT2D eigenvalue weighted by molar-refractivity contribution is -0.135. The Balaban J connectivity index is 1.37. The van der Waals surface area contributed by atoms with Crippen LogP contribution in [0.3, 0.4) is 0 Å². The number of para-hydroxylation sites is 1. The van der Waals surface area contributed by atoms with Crippen molar-refractivity contribution in [1.82, 2.24) is 9.55 Å². The van der Waals surface area contributed by atoms with Crippen molar-refractivity contribution in [2.75, 3.05) is 7.11 Å². The van der Waals surface area contributed by atoms with Gasteiger partial charge in [-0.05, 0) is 48.5 Å². The molecule has 2 aromatic heterocycles. The van der Waals surface area contributed by atoms with Gasteiger partial charge in [0.1, 0.15) is 17.2 Å². The quantitative estimate of drug-likeness (QED) is 0.203. The number of carbonyl (C=O) groups excluding carboxylic acids is 2. The van der Waals surface area contributed by atoms with Crippen LogP contribution < -0.4 is 19.8 Å². The number of rotatable bonds is 3. The molecule has 1 atom stereocenters. The predicted octanol–water partition coefficient (Wildman–Crippen LogP) is 5.09. The summed E-state index contributed by atoms with van der Waals surface area (Å²) in [4.78, 5) is 42.2. The van der Waals surface area contributed by atoms with Gasteiger partial charge in [0, 0.05) is 57.7 Å². The van der Waals surface area contributed by atoms with E-state index in [9.17, 15) is 14.4 Å². The molecule has 0 fully saturated rings. The van der Waals surface area contributed by atoms with E-state index in [1.807, 2.05) is 48.1 Å². The lowest BCUT2D eigenvalue weighted by Crippen LogP contribution is -2.26. The number of methoxy groups -OCH3 is 1. The molecule has 0 saturated heterocycles. The summed E-state index contributed by atoms with van der Waals surface area (Å²) in [6.07, 6.45) is 3.61. The van der Waals surface area contributed by atoms with E-state index in [0.29, 0.717) is 33.7 Å². The number of nitrogens with one attached hydrogen (secondary N) is 1. The zero-order valence-corrected chi connectivity index (χ0v) is 21.1. The number of aromatic amines is 1. The van der Waals surface area contributed by atoms with Gasteiger partial charge in [0.05, 0.1) is 19.1 Å². The Morgan fingerprint density at radius 3 is 2.72 bits per heavy atom. The monoisotopic (exact) mass is 518 g/mol. The van der Waals surface area contributed by atoms with Crippen molar-refractivity contribution in [3.8, 4) is 17.2 Å². The highest BCUT2D eigenvalue weighted by Gasteiger charge is 2.39. The Bertz CT molecular complexity index is 1960. The second-order valence-electron chi connectivity index (χ2n) is 9.74. The first kappa shape index (κ1) is 23.0. The summed E-state index contributed by atoms with van der Waals surface area (Å²) in [6, 6.07) is 18.2. The maximum Gasteiger partial charge on any atom is 0.312 e. The average Bonchev–Trinajstić information content (AvgIpc) is 3.43. The van der Waals surface area contributed by atoms with Gasteiger partial charge >= 0.3 is 5.97 Å². The number of H-pyrrole nitrogens is 1. The van der Waals surface area contributed by atoms with E-state index in [0.717, 1.165) is 21.9 Å². The van der Waals surface area contributed by atoms with Crippen LogP contribution in [0.1, 0.15) is 39.4 Å². The van der Waals surface area contributed by atoms with Crippen LogP contribution in [-0.4, -0.2) is 28.4 Å². The Labute approximate surface area is 222 Å². The molecule has 0 aliphatic carbocycles. The Kier molecular flexibility index (Phi) is 5.00. The number of hydrogen-bond donors (Lipinski definition) is 1. The molecule has 8 nitrogen and oxygen atoms in total. The van der Waals surface area contributed by atoms with Gasteiger partial charge in [-0.1, -0.05) is 18.2 Å². The summed E-state index contributed by atoms with van der Waals surface area (Å²) in [5.41, 5.74) is 3.45. The van der Waals surface area contributed by atoms with Gasteiger partial charge in [0.25, 0.3) is 5.56 Å². The molecule has 192 valence electrons. The zero-order valence-electron chi connectivity index (χ0n) is 21.1. The van der Waals surface area contributed by atoms with E-state index in [1.54, 1.807) is 43.5 Å². The van der Waals surface area contributed by atoms with Gasteiger partial charge in [-0.3, -0.25) is 14.4 Å². The van der Waals surface area contributed by atoms with Crippen molar-refractivity contribution in [1.29, 1.82) is 0 Å². The van der Waals surface area contributed by atoms with E-state index in [-0.39, 0.29) is 29.3 Å². The fourth-order valence-electron chi connectivity index (χ4n) is 5.59. The van der Waals surface area contributed by atoms with E-state index >= 15 is 0 Å². The average molecular weight is 519 g/mol. The Morgan fingerprint density at radius 1 is 1.03 bits per heavy atom.